The molecule has 0 aliphatic rings. The molecule has 3 aromatic rings. The van der Waals surface area contributed by atoms with Crippen LogP contribution in [0.3, 0.4) is 0 Å². The van der Waals surface area contributed by atoms with Crippen LogP contribution in [0.5, 0.6) is 5.75 Å². The van der Waals surface area contributed by atoms with E-state index in [1.54, 1.807) is 0 Å². The topological polar surface area (TPSA) is 94.7 Å². The summed E-state index contributed by atoms with van der Waals surface area (Å²) in [5.41, 5.74) is 0.570. The third-order valence-electron chi connectivity index (χ3n) is 4.08. The van der Waals surface area contributed by atoms with Gasteiger partial charge in [0, 0.05) is 24.3 Å². The maximum Gasteiger partial charge on any atom is 0.471 e. The number of alkyl halides is 3. The van der Waals surface area contributed by atoms with Crippen LogP contribution in [0.1, 0.15) is 27.6 Å². The highest BCUT2D eigenvalue weighted by molar-refractivity contribution is 7.93. The highest BCUT2D eigenvalue weighted by Gasteiger charge is 2.38. The van der Waals surface area contributed by atoms with Crippen molar-refractivity contribution in [1.29, 1.82) is 0 Å². The minimum Gasteiger partial charge on any atom is -0.497 e. The van der Waals surface area contributed by atoms with Gasteiger partial charge in [-0.15, -0.1) is 0 Å². The van der Waals surface area contributed by atoms with Gasteiger partial charge in [-0.2, -0.15) is 22.5 Å². The molecule has 1 unspecified atom stereocenters. The molecule has 1 aromatic heterocycles. The standard InChI is InChI=1S/C19H15F4N3O4S/c1-29-13-7-8-15(14(20)10-13)31(2,28)26-17(27)12-5-3-11(4-6-12)9-16-24-18(30-25-16)19(21,22)23/h3-8,10H,9H2,1-2H3. The Morgan fingerprint density at radius 2 is 1.87 bits per heavy atom. The fourth-order valence-corrected chi connectivity index (χ4v) is 3.83. The van der Waals surface area contributed by atoms with Crippen molar-refractivity contribution in [3.05, 3.63) is 71.1 Å². The van der Waals surface area contributed by atoms with Crippen LogP contribution < -0.4 is 4.74 Å². The Morgan fingerprint density at radius 1 is 1.19 bits per heavy atom. The van der Waals surface area contributed by atoms with Crippen molar-refractivity contribution in [3.63, 3.8) is 0 Å². The molecule has 0 saturated heterocycles. The lowest BCUT2D eigenvalue weighted by atomic mass is 10.1. The molecule has 1 amide bonds. The Morgan fingerprint density at radius 3 is 2.42 bits per heavy atom. The summed E-state index contributed by atoms with van der Waals surface area (Å²) in [7, 11) is -2.03. The first-order chi connectivity index (χ1) is 14.5. The van der Waals surface area contributed by atoms with Crippen LogP contribution in [0.15, 0.2) is 56.2 Å². The first kappa shape index (κ1) is 22.4. The van der Waals surface area contributed by atoms with Crippen molar-refractivity contribution in [3.8, 4) is 5.75 Å². The average molecular weight is 457 g/mol. The minimum absolute atomic E-state index is 0.0627. The maximum absolute atomic E-state index is 14.2. The Hall–Kier alpha value is -3.28. The zero-order valence-electron chi connectivity index (χ0n) is 16.1. The minimum atomic E-state index is -4.74. The third kappa shape index (κ3) is 5.26. The monoisotopic (exact) mass is 457 g/mol. The highest BCUT2D eigenvalue weighted by Crippen LogP contribution is 2.27. The summed E-state index contributed by atoms with van der Waals surface area (Å²) in [4.78, 5) is 15.4. The van der Waals surface area contributed by atoms with Crippen molar-refractivity contribution in [1.82, 2.24) is 10.1 Å². The summed E-state index contributed by atoms with van der Waals surface area (Å²) < 4.78 is 77.2. The van der Waals surface area contributed by atoms with Gasteiger partial charge in [-0.3, -0.25) is 4.79 Å². The number of amides is 1. The Balaban J connectivity index is 1.78. The number of halogens is 4. The number of carbonyl (C=O) groups excluding carboxylic acids is 1. The molecule has 1 atom stereocenters. The average Bonchev–Trinajstić information content (AvgIpc) is 3.17. The zero-order chi connectivity index (χ0) is 22.8. The predicted molar refractivity (Wildman–Crippen MR) is 101 cm³/mol. The number of hydrogen-bond donors (Lipinski definition) is 0. The largest absolute Gasteiger partial charge is 0.497 e. The Kier molecular flexibility index (Phi) is 6.11. The van der Waals surface area contributed by atoms with E-state index < -0.39 is 33.5 Å². The van der Waals surface area contributed by atoms with Crippen molar-refractivity contribution in [2.75, 3.05) is 13.4 Å². The summed E-state index contributed by atoms with van der Waals surface area (Å²) in [6, 6.07) is 9.29. The zero-order valence-corrected chi connectivity index (χ0v) is 17.0. The van der Waals surface area contributed by atoms with Gasteiger partial charge in [-0.1, -0.05) is 17.3 Å². The molecule has 0 bridgehead atoms. The van der Waals surface area contributed by atoms with Gasteiger partial charge in [0.15, 0.2) is 5.82 Å². The quantitative estimate of drug-likeness (QED) is 0.535. The number of benzene rings is 2. The molecule has 2 aromatic carbocycles. The summed E-state index contributed by atoms with van der Waals surface area (Å²) in [5.74, 6) is -3.06. The number of carbonyl (C=O) groups is 1. The number of methoxy groups -OCH3 is 1. The molecule has 31 heavy (non-hydrogen) atoms. The smallest absolute Gasteiger partial charge is 0.471 e. The van der Waals surface area contributed by atoms with Gasteiger partial charge < -0.3 is 9.26 Å². The molecule has 12 heteroatoms. The second-order valence-electron chi connectivity index (χ2n) is 6.38. The summed E-state index contributed by atoms with van der Waals surface area (Å²) in [5, 5.41) is 3.26. The second-order valence-corrected chi connectivity index (χ2v) is 8.61. The third-order valence-corrected chi connectivity index (χ3v) is 5.74. The molecular weight excluding hydrogens is 442 g/mol. The normalized spacial score (nSPS) is 13.5. The molecule has 3 rings (SSSR count). The van der Waals surface area contributed by atoms with Crippen molar-refractivity contribution >= 4 is 15.6 Å². The van der Waals surface area contributed by atoms with Crippen LogP contribution in [0.4, 0.5) is 17.6 Å². The molecule has 0 spiro atoms. The lowest BCUT2D eigenvalue weighted by Gasteiger charge is -2.07. The van der Waals surface area contributed by atoms with E-state index in [1.807, 2.05) is 0 Å². The van der Waals surface area contributed by atoms with Crippen molar-refractivity contribution in [2.24, 2.45) is 4.36 Å². The van der Waals surface area contributed by atoms with Crippen LogP contribution >= 0.6 is 0 Å². The van der Waals surface area contributed by atoms with Crippen LogP contribution in [0.25, 0.3) is 0 Å². The van der Waals surface area contributed by atoms with Crippen LogP contribution in [0.2, 0.25) is 0 Å². The van der Waals surface area contributed by atoms with Gasteiger partial charge in [0.2, 0.25) is 0 Å². The van der Waals surface area contributed by atoms with Crippen molar-refractivity contribution in [2.45, 2.75) is 17.5 Å². The van der Waals surface area contributed by atoms with E-state index in [0.29, 0.717) is 5.56 Å². The fourth-order valence-electron chi connectivity index (χ4n) is 2.56. The molecule has 0 fully saturated rings. The number of aromatic nitrogens is 2. The maximum atomic E-state index is 14.2. The molecule has 0 aliphatic heterocycles. The Bertz CT molecular complexity index is 1230. The van der Waals surface area contributed by atoms with Gasteiger partial charge in [0.05, 0.1) is 21.7 Å². The summed E-state index contributed by atoms with van der Waals surface area (Å²) in [6.45, 7) is 0. The second kappa shape index (κ2) is 8.46. The van der Waals surface area contributed by atoms with E-state index in [-0.39, 0.29) is 28.5 Å². The lowest BCUT2D eigenvalue weighted by molar-refractivity contribution is -0.159. The molecule has 7 nitrogen and oxygen atoms in total. The molecule has 0 aliphatic carbocycles. The molecule has 0 radical (unpaired) electrons. The highest BCUT2D eigenvalue weighted by atomic mass is 32.2. The van der Waals surface area contributed by atoms with Gasteiger partial charge in [-0.05, 0) is 29.8 Å². The fraction of sp³-hybridized carbons (Fsp3) is 0.211. The molecule has 0 saturated carbocycles. The molecule has 0 N–H and O–H groups in total. The predicted octanol–water partition coefficient (Wildman–Crippen LogP) is 4.12. The first-order valence-electron chi connectivity index (χ1n) is 8.58. The lowest BCUT2D eigenvalue weighted by Crippen LogP contribution is -2.06. The first-order valence-corrected chi connectivity index (χ1v) is 10.5. The van der Waals surface area contributed by atoms with Gasteiger partial charge in [0.25, 0.3) is 5.91 Å². The number of rotatable bonds is 5. The van der Waals surface area contributed by atoms with Crippen LogP contribution in [0, 0.1) is 5.82 Å². The van der Waals surface area contributed by atoms with E-state index in [2.05, 4.69) is 19.0 Å². The van der Waals surface area contributed by atoms with E-state index in [0.717, 1.165) is 12.3 Å². The van der Waals surface area contributed by atoms with Crippen molar-refractivity contribution < 1.29 is 35.8 Å². The van der Waals surface area contributed by atoms with E-state index >= 15 is 0 Å². The van der Waals surface area contributed by atoms with Crippen LogP contribution in [-0.2, 0) is 22.3 Å². The molecule has 1 heterocycles. The number of ether oxygens (including phenoxy) is 1. The summed E-state index contributed by atoms with van der Waals surface area (Å²) in [6.07, 6.45) is -3.66. The van der Waals surface area contributed by atoms with E-state index in [4.69, 9.17) is 4.74 Å². The van der Waals surface area contributed by atoms with Gasteiger partial charge >= 0.3 is 12.1 Å². The SMILES string of the molecule is COc1ccc(S(C)(=O)=NC(=O)c2ccc(Cc3noc(C(F)(F)F)n3)cc2)c(F)c1. The summed E-state index contributed by atoms with van der Waals surface area (Å²) >= 11 is 0. The van der Waals surface area contributed by atoms with E-state index in [1.165, 1.54) is 43.5 Å². The molecular formula is C19H15F4N3O4S. The number of hydrogen-bond acceptors (Lipinski definition) is 6. The van der Waals surface area contributed by atoms with Gasteiger partial charge in [0.1, 0.15) is 11.6 Å². The van der Waals surface area contributed by atoms with Crippen LogP contribution in [-0.4, -0.2) is 33.6 Å². The number of nitrogens with zero attached hydrogens (tertiary/aromatic N) is 3. The molecule has 164 valence electrons. The van der Waals surface area contributed by atoms with E-state index in [9.17, 15) is 26.6 Å². The Labute approximate surface area is 174 Å². The van der Waals surface area contributed by atoms with Gasteiger partial charge in [-0.25, -0.2) is 8.60 Å².